The number of rotatable bonds is 4. The van der Waals surface area contributed by atoms with Crippen molar-refractivity contribution in [2.45, 2.75) is 0 Å². The van der Waals surface area contributed by atoms with E-state index in [0.717, 1.165) is 10.4 Å². The highest BCUT2D eigenvalue weighted by atomic mass is 32.2. The smallest absolute Gasteiger partial charge is 0.178 e. The van der Waals surface area contributed by atoms with Gasteiger partial charge in [0.15, 0.2) is 9.84 Å². The summed E-state index contributed by atoms with van der Waals surface area (Å²) in [4.78, 5) is 3.08. The molecule has 0 spiro atoms. The van der Waals surface area contributed by atoms with Crippen LogP contribution in [0.5, 0.6) is 0 Å². The summed E-state index contributed by atoms with van der Waals surface area (Å²) in [5.41, 5.74) is 0. The van der Waals surface area contributed by atoms with Gasteiger partial charge in [-0.2, -0.15) is 0 Å². The van der Waals surface area contributed by atoms with Crippen LogP contribution in [0.15, 0.2) is 0 Å². The summed E-state index contributed by atoms with van der Waals surface area (Å²) in [5, 5.41) is 0. The minimum atomic E-state index is -0.167. The molecular weight excluding hydrogens is 142 g/mol. The van der Waals surface area contributed by atoms with Gasteiger partial charge in [-0.05, 0) is 19.2 Å². The molecule has 0 saturated heterocycles. The van der Waals surface area contributed by atoms with E-state index < -0.39 is 0 Å². The monoisotopic (exact) mass is 153 g/mol. The molecule has 0 aliphatic heterocycles. The Labute approximate surface area is 53.8 Å². The van der Waals surface area contributed by atoms with Gasteiger partial charge in [0, 0.05) is 0 Å². The van der Waals surface area contributed by atoms with Gasteiger partial charge in [-0.25, -0.2) is 0 Å². The van der Waals surface area contributed by atoms with Gasteiger partial charge in [-0.3, -0.25) is 8.78 Å². The first-order chi connectivity index (χ1) is 3.41. The Balaban J connectivity index is 2.45. The Kier molecular flexibility index (Phi) is 7.30. The molecule has 0 rings (SSSR count). The highest BCUT2D eigenvalue weighted by Crippen LogP contribution is 1.72. The molecule has 6 heteroatoms. The zero-order valence-corrected chi connectivity index (χ0v) is 8.85. The molecule has 3 nitrogen and oxygen atoms in total. The van der Waals surface area contributed by atoms with E-state index >= 15 is 0 Å². The standard InChI is InChI=1S/CH11N3SSi2/c1-2-7-4-5-3-6/h2-4H,7H2,1,6H3. The number of nitrogens with one attached hydrogen (secondary N) is 3. The van der Waals surface area contributed by atoms with Crippen LogP contribution in [0.4, 0.5) is 0 Å². The highest BCUT2D eigenvalue weighted by molar-refractivity contribution is 7.97. The minimum absolute atomic E-state index is 0.167. The summed E-state index contributed by atoms with van der Waals surface area (Å²) in [6.45, 7) is 0. The van der Waals surface area contributed by atoms with E-state index in [9.17, 15) is 0 Å². The summed E-state index contributed by atoms with van der Waals surface area (Å²) < 4.78 is 6.19. The molecule has 0 unspecified atom stereocenters. The van der Waals surface area contributed by atoms with Crippen LogP contribution in [0, 0.1) is 0 Å². The fraction of sp³-hybridized carbons (Fsp3) is 1.00. The molecule has 0 atom stereocenters. The van der Waals surface area contributed by atoms with Crippen LogP contribution in [-0.2, 0) is 0 Å². The normalized spacial score (nSPS) is 11.6. The second kappa shape index (κ2) is 6.66. The number of hydrogen-bond donors (Lipinski definition) is 3. The third-order valence-corrected chi connectivity index (χ3v) is 2.75. The van der Waals surface area contributed by atoms with Crippen molar-refractivity contribution in [1.82, 2.24) is 13.8 Å². The maximum Gasteiger partial charge on any atom is 0.178 e. The Bertz CT molecular complexity index is 32.1. The van der Waals surface area contributed by atoms with Gasteiger partial charge in [0.25, 0.3) is 0 Å². The first-order valence-electron chi connectivity index (χ1n) is 2.12. The quantitative estimate of drug-likeness (QED) is 0.232. The average molecular weight is 153 g/mol. The molecule has 7 heavy (non-hydrogen) atoms. The highest BCUT2D eigenvalue weighted by Gasteiger charge is 1.76. The minimum Gasteiger partial charge on any atom is -0.333 e. The van der Waals surface area contributed by atoms with E-state index in [4.69, 9.17) is 0 Å². The Hall–Kier alpha value is 0.664. The molecule has 0 aromatic carbocycles. The van der Waals surface area contributed by atoms with Crippen LogP contribution in [0.3, 0.4) is 0 Å². The fourth-order valence-corrected chi connectivity index (χ4v) is 2.92. The first kappa shape index (κ1) is 7.66. The summed E-state index contributed by atoms with van der Waals surface area (Å²) in [7, 11) is 2.85. The van der Waals surface area contributed by atoms with E-state index in [1.807, 2.05) is 7.05 Å². The topological polar surface area (TPSA) is 36.1 Å². The van der Waals surface area contributed by atoms with Crippen molar-refractivity contribution in [3.05, 3.63) is 0 Å². The van der Waals surface area contributed by atoms with Crippen molar-refractivity contribution < 1.29 is 0 Å². The molecule has 0 fully saturated rings. The summed E-state index contributed by atoms with van der Waals surface area (Å²) >= 11 is 1.59. The molecule has 44 valence electrons. The second-order valence-electron chi connectivity index (χ2n) is 0.981. The van der Waals surface area contributed by atoms with Crippen LogP contribution in [0.1, 0.15) is 0 Å². The molecule has 0 aromatic heterocycles. The van der Waals surface area contributed by atoms with E-state index in [1.165, 1.54) is 0 Å². The van der Waals surface area contributed by atoms with Gasteiger partial charge in [0.1, 0.15) is 0 Å². The van der Waals surface area contributed by atoms with Crippen LogP contribution in [0.25, 0.3) is 0 Å². The van der Waals surface area contributed by atoms with Gasteiger partial charge in [-0.1, -0.05) is 0 Å². The SMILES string of the molecule is CN[SiH2]NSN[SiH3]. The maximum absolute atomic E-state index is 3.15. The van der Waals surface area contributed by atoms with Crippen molar-refractivity contribution in [2.24, 2.45) is 0 Å². The lowest BCUT2D eigenvalue weighted by Gasteiger charge is -1.96. The molecule has 0 aliphatic carbocycles. The molecule has 0 saturated carbocycles. The fourth-order valence-electron chi connectivity index (χ4n) is 0.180. The van der Waals surface area contributed by atoms with Crippen molar-refractivity contribution in [1.29, 1.82) is 0 Å². The molecule has 0 aliphatic rings. The summed E-state index contributed by atoms with van der Waals surface area (Å²) in [6, 6.07) is 0. The lowest BCUT2D eigenvalue weighted by atomic mass is 11.6. The van der Waals surface area contributed by atoms with Gasteiger partial charge in [-0.15, -0.1) is 0 Å². The Morgan fingerprint density at radius 1 is 1.71 bits per heavy atom. The molecule has 0 bridgehead atoms. The number of hydrogen-bond acceptors (Lipinski definition) is 4. The van der Waals surface area contributed by atoms with Gasteiger partial charge < -0.3 is 4.98 Å². The Morgan fingerprint density at radius 3 is 2.86 bits per heavy atom. The van der Waals surface area contributed by atoms with Crippen LogP contribution in [0.2, 0.25) is 0 Å². The van der Waals surface area contributed by atoms with E-state index in [0.29, 0.717) is 0 Å². The molecule has 0 aromatic rings. The molecule has 0 heterocycles. The predicted molar refractivity (Wildman–Crippen MR) is 41.4 cm³/mol. The van der Waals surface area contributed by atoms with Crippen LogP contribution >= 0.6 is 12.1 Å². The van der Waals surface area contributed by atoms with Gasteiger partial charge in [0.05, 0.1) is 10.4 Å². The van der Waals surface area contributed by atoms with Crippen LogP contribution < -0.4 is 13.8 Å². The zero-order chi connectivity index (χ0) is 5.54. The zero-order valence-electron chi connectivity index (χ0n) is 4.62. The summed E-state index contributed by atoms with van der Waals surface area (Å²) in [6.07, 6.45) is 0. The third kappa shape index (κ3) is 6.66. The third-order valence-electron chi connectivity index (χ3n) is 0.423. The van der Waals surface area contributed by atoms with Crippen molar-refractivity contribution in [2.75, 3.05) is 7.05 Å². The van der Waals surface area contributed by atoms with Crippen molar-refractivity contribution in [3.8, 4) is 0 Å². The predicted octanol–water partition coefficient (Wildman–Crippen LogP) is -2.77. The molecule has 0 amide bonds. The van der Waals surface area contributed by atoms with Crippen LogP contribution in [-0.4, -0.2) is 27.3 Å². The lowest BCUT2D eigenvalue weighted by molar-refractivity contribution is 1.21. The Morgan fingerprint density at radius 2 is 2.43 bits per heavy atom. The summed E-state index contributed by atoms with van der Waals surface area (Å²) in [5.74, 6) is 0. The maximum atomic E-state index is 3.15. The largest absolute Gasteiger partial charge is 0.333 e. The molecule has 0 radical (unpaired) electrons. The molecule has 3 N–H and O–H groups in total. The second-order valence-corrected chi connectivity index (χ2v) is 5.03. The van der Waals surface area contributed by atoms with E-state index in [2.05, 4.69) is 13.8 Å². The first-order valence-corrected chi connectivity index (χ1v) is 5.35. The van der Waals surface area contributed by atoms with Crippen molar-refractivity contribution >= 4 is 32.4 Å². The average Bonchev–Trinajstić information content (AvgIpc) is 1.69. The van der Waals surface area contributed by atoms with Crippen molar-refractivity contribution in [3.63, 3.8) is 0 Å². The van der Waals surface area contributed by atoms with Gasteiger partial charge in [0.2, 0.25) is 0 Å². The molecular formula is CH11N3SSi2. The van der Waals surface area contributed by atoms with E-state index in [-0.39, 0.29) is 9.84 Å². The van der Waals surface area contributed by atoms with Gasteiger partial charge >= 0.3 is 0 Å². The van der Waals surface area contributed by atoms with E-state index in [1.54, 1.807) is 12.1 Å². The lowest BCUT2D eigenvalue weighted by Crippen LogP contribution is -2.27.